The molecule has 4 nitrogen and oxygen atoms in total. The third-order valence-electron chi connectivity index (χ3n) is 3.74. The lowest BCUT2D eigenvalue weighted by atomic mass is 10.1. The fraction of sp³-hybridized carbons (Fsp3) is 0.533. The van der Waals surface area contributed by atoms with Crippen molar-refractivity contribution in [1.82, 2.24) is 5.32 Å². The summed E-state index contributed by atoms with van der Waals surface area (Å²) in [7, 11) is 0. The SMILES string of the molecule is O=C(CCc1ccccc1)N[C@H]1C[C@H](CO)[C@@H](O)C1. The van der Waals surface area contributed by atoms with Gasteiger partial charge in [0.2, 0.25) is 5.91 Å². The highest BCUT2D eigenvalue weighted by Crippen LogP contribution is 2.25. The van der Waals surface area contributed by atoms with E-state index in [1.165, 1.54) is 0 Å². The van der Waals surface area contributed by atoms with E-state index >= 15 is 0 Å². The summed E-state index contributed by atoms with van der Waals surface area (Å²) in [4.78, 5) is 11.8. The first-order chi connectivity index (χ1) is 9.19. The monoisotopic (exact) mass is 263 g/mol. The van der Waals surface area contributed by atoms with Crippen molar-refractivity contribution in [3.05, 3.63) is 35.9 Å². The van der Waals surface area contributed by atoms with Crippen molar-refractivity contribution in [2.45, 2.75) is 37.8 Å². The minimum absolute atomic E-state index is 0.00424. The third-order valence-corrected chi connectivity index (χ3v) is 3.74. The Labute approximate surface area is 113 Å². The molecule has 0 aliphatic heterocycles. The van der Waals surface area contributed by atoms with Gasteiger partial charge in [-0.2, -0.15) is 0 Å². The van der Waals surface area contributed by atoms with Crippen LogP contribution >= 0.6 is 0 Å². The zero-order valence-corrected chi connectivity index (χ0v) is 11.0. The number of hydrogen-bond donors (Lipinski definition) is 3. The highest BCUT2D eigenvalue weighted by atomic mass is 16.3. The van der Waals surface area contributed by atoms with E-state index in [2.05, 4.69) is 5.32 Å². The van der Waals surface area contributed by atoms with Crippen molar-refractivity contribution in [2.75, 3.05) is 6.61 Å². The molecule has 3 N–H and O–H groups in total. The first-order valence-electron chi connectivity index (χ1n) is 6.81. The molecular weight excluding hydrogens is 242 g/mol. The van der Waals surface area contributed by atoms with Gasteiger partial charge in [0, 0.05) is 25.0 Å². The van der Waals surface area contributed by atoms with Gasteiger partial charge >= 0.3 is 0 Å². The minimum Gasteiger partial charge on any atom is -0.396 e. The van der Waals surface area contributed by atoms with Gasteiger partial charge < -0.3 is 15.5 Å². The van der Waals surface area contributed by atoms with Gasteiger partial charge in [-0.15, -0.1) is 0 Å². The molecule has 1 aliphatic carbocycles. The molecule has 3 atom stereocenters. The van der Waals surface area contributed by atoms with Gasteiger partial charge in [-0.3, -0.25) is 4.79 Å². The van der Waals surface area contributed by atoms with E-state index in [1.807, 2.05) is 30.3 Å². The topological polar surface area (TPSA) is 69.6 Å². The molecule has 0 heterocycles. The van der Waals surface area contributed by atoms with Crippen LogP contribution in [0.15, 0.2) is 30.3 Å². The molecule has 0 saturated heterocycles. The van der Waals surface area contributed by atoms with E-state index in [4.69, 9.17) is 5.11 Å². The predicted octanol–water partition coefficient (Wildman–Crippen LogP) is 0.867. The second-order valence-electron chi connectivity index (χ2n) is 5.23. The molecule has 104 valence electrons. The minimum atomic E-state index is -0.496. The van der Waals surface area contributed by atoms with Crippen molar-refractivity contribution in [3.63, 3.8) is 0 Å². The molecule has 1 aromatic carbocycles. The first kappa shape index (κ1) is 14.0. The van der Waals surface area contributed by atoms with Crippen LogP contribution in [0.3, 0.4) is 0 Å². The van der Waals surface area contributed by atoms with Crippen molar-refractivity contribution in [1.29, 1.82) is 0 Å². The van der Waals surface area contributed by atoms with E-state index in [0.717, 1.165) is 12.0 Å². The Morgan fingerprint density at radius 2 is 2.00 bits per heavy atom. The zero-order valence-electron chi connectivity index (χ0n) is 11.0. The van der Waals surface area contributed by atoms with Crippen LogP contribution in [-0.2, 0) is 11.2 Å². The zero-order chi connectivity index (χ0) is 13.7. The number of rotatable bonds is 5. The lowest BCUT2D eigenvalue weighted by Gasteiger charge is -2.12. The molecule has 19 heavy (non-hydrogen) atoms. The van der Waals surface area contributed by atoms with E-state index in [-0.39, 0.29) is 24.5 Å². The third kappa shape index (κ3) is 4.04. The second-order valence-corrected chi connectivity index (χ2v) is 5.23. The Kier molecular flexibility index (Phi) is 4.93. The summed E-state index contributed by atoms with van der Waals surface area (Å²) in [6.45, 7) is -0.0163. The summed E-state index contributed by atoms with van der Waals surface area (Å²) >= 11 is 0. The number of carbonyl (C=O) groups excluding carboxylic acids is 1. The van der Waals surface area contributed by atoms with E-state index in [9.17, 15) is 9.90 Å². The predicted molar refractivity (Wildman–Crippen MR) is 72.5 cm³/mol. The lowest BCUT2D eigenvalue weighted by molar-refractivity contribution is -0.121. The van der Waals surface area contributed by atoms with Gasteiger partial charge in [0.15, 0.2) is 0 Å². The number of amides is 1. The molecule has 0 aromatic heterocycles. The Morgan fingerprint density at radius 1 is 1.26 bits per heavy atom. The molecule has 1 aromatic rings. The summed E-state index contributed by atoms with van der Waals surface area (Å²) in [5, 5.41) is 21.7. The van der Waals surface area contributed by atoms with Crippen LogP contribution in [0.5, 0.6) is 0 Å². The van der Waals surface area contributed by atoms with Crippen molar-refractivity contribution in [2.24, 2.45) is 5.92 Å². The van der Waals surface area contributed by atoms with Gasteiger partial charge in [0.1, 0.15) is 0 Å². The van der Waals surface area contributed by atoms with E-state index in [1.54, 1.807) is 0 Å². The van der Waals surface area contributed by atoms with E-state index < -0.39 is 6.10 Å². The summed E-state index contributed by atoms with van der Waals surface area (Å²) in [6, 6.07) is 9.90. The molecule has 1 saturated carbocycles. The molecule has 1 fully saturated rings. The molecule has 0 unspecified atom stereocenters. The Bertz CT molecular complexity index is 407. The van der Waals surface area contributed by atoms with Crippen molar-refractivity contribution >= 4 is 5.91 Å². The van der Waals surface area contributed by atoms with Crippen molar-refractivity contribution in [3.8, 4) is 0 Å². The Morgan fingerprint density at radius 3 is 2.63 bits per heavy atom. The lowest BCUT2D eigenvalue weighted by Crippen LogP contribution is -2.33. The van der Waals surface area contributed by atoms with Gasteiger partial charge in [-0.25, -0.2) is 0 Å². The molecule has 1 amide bonds. The van der Waals surface area contributed by atoms with Crippen LogP contribution in [0.1, 0.15) is 24.8 Å². The van der Waals surface area contributed by atoms with E-state index in [0.29, 0.717) is 19.3 Å². The molecule has 0 spiro atoms. The number of aliphatic hydroxyl groups excluding tert-OH is 2. The quantitative estimate of drug-likeness (QED) is 0.738. The number of benzene rings is 1. The number of hydrogen-bond acceptors (Lipinski definition) is 3. The van der Waals surface area contributed by atoms with Gasteiger partial charge in [-0.1, -0.05) is 30.3 Å². The summed E-state index contributed by atoms with van der Waals surface area (Å²) in [5.74, 6) is -0.0842. The molecule has 4 heteroatoms. The maximum Gasteiger partial charge on any atom is 0.220 e. The molecule has 1 aliphatic rings. The molecule has 0 radical (unpaired) electrons. The fourth-order valence-electron chi connectivity index (χ4n) is 2.62. The molecular formula is C15H21NO3. The Hall–Kier alpha value is -1.39. The van der Waals surface area contributed by atoms with Crippen molar-refractivity contribution < 1.29 is 15.0 Å². The van der Waals surface area contributed by atoms with Crippen LogP contribution in [0.2, 0.25) is 0 Å². The molecule has 2 rings (SSSR count). The van der Waals surface area contributed by atoms with Gasteiger partial charge in [0.25, 0.3) is 0 Å². The standard InChI is InChI=1S/C15H21NO3/c17-10-12-8-13(9-14(12)18)16-15(19)7-6-11-4-2-1-3-5-11/h1-5,12-14,17-18H,6-10H2,(H,16,19)/t12-,13+,14+/m1/s1. The maximum atomic E-state index is 11.8. The van der Waals surface area contributed by atoms with Gasteiger partial charge in [-0.05, 0) is 24.8 Å². The highest BCUT2D eigenvalue weighted by molar-refractivity contribution is 5.76. The number of nitrogens with one attached hydrogen (secondary N) is 1. The van der Waals surface area contributed by atoms with Gasteiger partial charge in [0.05, 0.1) is 6.10 Å². The average molecular weight is 263 g/mol. The van der Waals surface area contributed by atoms with Crippen LogP contribution in [0, 0.1) is 5.92 Å². The average Bonchev–Trinajstić information content (AvgIpc) is 2.77. The first-order valence-corrected chi connectivity index (χ1v) is 6.81. The largest absolute Gasteiger partial charge is 0.396 e. The fourth-order valence-corrected chi connectivity index (χ4v) is 2.62. The number of aliphatic hydroxyl groups is 2. The number of carbonyl (C=O) groups is 1. The smallest absolute Gasteiger partial charge is 0.220 e. The maximum absolute atomic E-state index is 11.8. The van der Waals surface area contributed by atoms with Crippen LogP contribution < -0.4 is 5.32 Å². The number of aryl methyl sites for hydroxylation is 1. The van der Waals surface area contributed by atoms with Crippen LogP contribution in [0.25, 0.3) is 0 Å². The Balaban J connectivity index is 1.73. The van der Waals surface area contributed by atoms with Crippen LogP contribution in [-0.4, -0.2) is 34.9 Å². The summed E-state index contributed by atoms with van der Waals surface area (Å²) in [6.07, 6.45) is 1.90. The summed E-state index contributed by atoms with van der Waals surface area (Å²) < 4.78 is 0. The van der Waals surface area contributed by atoms with Crippen LogP contribution in [0.4, 0.5) is 0 Å². The summed E-state index contributed by atoms with van der Waals surface area (Å²) in [5.41, 5.74) is 1.15. The second kappa shape index (κ2) is 6.68. The highest BCUT2D eigenvalue weighted by Gasteiger charge is 2.32. The molecule has 0 bridgehead atoms. The normalized spacial score (nSPS) is 26.3.